The third-order valence-electron chi connectivity index (χ3n) is 6.14. The number of ether oxygens (including phenoxy) is 1. The molecule has 2 amide bonds. The number of nitrogens with one attached hydrogen (secondary N) is 2. The van der Waals surface area contributed by atoms with E-state index in [4.69, 9.17) is 4.74 Å². The standard InChI is InChI=1S/C20H28N2O3/c23-18-6-4-5-15-16(18)7-8-17(15)22-19(24)21-14-9-12-25-20(13-14)10-2-1-3-11-20/h4-6,14,17,23H,1-3,7-13H2,(H2,21,22,24)/t14-,17-/m0/s1. The predicted octanol–water partition coefficient (Wildman–Crippen LogP) is 3.56. The first-order valence-electron chi connectivity index (χ1n) is 9.67. The molecule has 2 atom stereocenters. The minimum atomic E-state index is -0.0981. The number of phenols is 1. The van der Waals surface area contributed by atoms with E-state index in [-0.39, 0.29) is 23.7 Å². The minimum absolute atomic E-state index is 0.000193. The number of rotatable bonds is 2. The Balaban J connectivity index is 1.35. The summed E-state index contributed by atoms with van der Waals surface area (Å²) in [6, 6.07) is 5.64. The molecule has 3 aliphatic rings. The van der Waals surface area contributed by atoms with Crippen LogP contribution in [0.4, 0.5) is 4.79 Å². The summed E-state index contributed by atoms with van der Waals surface area (Å²) >= 11 is 0. The maximum atomic E-state index is 12.5. The molecule has 0 bridgehead atoms. The number of benzene rings is 1. The van der Waals surface area contributed by atoms with Crippen LogP contribution < -0.4 is 10.6 Å². The third kappa shape index (κ3) is 3.47. The number of carbonyl (C=O) groups is 1. The van der Waals surface area contributed by atoms with Gasteiger partial charge >= 0.3 is 6.03 Å². The summed E-state index contributed by atoms with van der Waals surface area (Å²) in [5, 5.41) is 16.2. The van der Waals surface area contributed by atoms with Crippen LogP contribution in [0.25, 0.3) is 0 Å². The number of fused-ring (bicyclic) bond motifs is 1. The second-order valence-electron chi connectivity index (χ2n) is 7.84. The summed E-state index contributed by atoms with van der Waals surface area (Å²) in [4.78, 5) is 12.5. The molecular weight excluding hydrogens is 316 g/mol. The molecule has 1 aromatic carbocycles. The lowest BCUT2D eigenvalue weighted by atomic mass is 9.78. The Bertz CT molecular complexity index is 634. The van der Waals surface area contributed by atoms with Gasteiger partial charge in [-0.15, -0.1) is 0 Å². The van der Waals surface area contributed by atoms with Gasteiger partial charge in [0.25, 0.3) is 0 Å². The largest absolute Gasteiger partial charge is 0.508 e. The quantitative estimate of drug-likeness (QED) is 0.768. The number of carbonyl (C=O) groups excluding carboxylic acids is 1. The van der Waals surface area contributed by atoms with E-state index in [2.05, 4.69) is 10.6 Å². The number of phenolic OH excluding ortho intramolecular Hbond substituents is 1. The Kier molecular flexibility index (Phi) is 4.59. The van der Waals surface area contributed by atoms with E-state index < -0.39 is 0 Å². The first kappa shape index (κ1) is 16.7. The van der Waals surface area contributed by atoms with Gasteiger partial charge in [0.2, 0.25) is 0 Å². The van der Waals surface area contributed by atoms with Crippen molar-refractivity contribution in [2.75, 3.05) is 6.61 Å². The van der Waals surface area contributed by atoms with Crippen molar-refractivity contribution in [1.82, 2.24) is 10.6 Å². The van der Waals surface area contributed by atoms with Gasteiger partial charge in [-0.05, 0) is 55.7 Å². The van der Waals surface area contributed by atoms with Gasteiger partial charge in [-0.1, -0.05) is 31.4 Å². The molecule has 0 unspecified atom stereocenters. The molecule has 0 aromatic heterocycles. The second-order valence-corrected chi connectivity index (χ2v) is 7.84. The lowest BCUT2D eigenvalue weighted by molar-refractivity contribution is -0.107. The monoisotopic (exact) mass is 344 g/mol. The Morgan fingerprint density at radius 2 is 2.00 bits per heavy atom. The molecule has 2 fully saturated rings. The van der Waals surface area contributed by atoms with E-state index in [9.17, 15) is 9.90 Å². The number of hydrogen-bond donors (Lipinski definition) is 3. The van der Waals surface area contributed by atoms with Crippen molar-refractivity contribution in [2.24, 2.45) is 0 Å². The van der Waals surface area contributed by atoms with Crippen LogP contribution in [0.1, 0.15) is 68.5 Å². The SMILES string of the molecule is O=C(N[C@H]1CCOC2(CCCCC2)C1)N[C@H]1CCc2c(O)cccc21. The molecule has 2 aliphatic carbocycles. The molecule has 5 heteroatoms. The van der Waals surface area contributed by atoms with E-state index >= 15 is 0 Å². The van der Waals surface area contributed by atoms with Crippen LogP contribution in [0.5, 0.6) is 5.75 Å². The number of urea groups is 1. The van der Waals surface area contributed by atoms with Gasteiger partial charge in [0.1, 0.15) is 5.75 Å². The molecule has 1 aliphatic heterocycles. The fourth-order valence-corrected chi connectivity index (χ4v) is 4.87. The first-order valence-corrected chi connectivity index (χ1v) is 9.67. The van der Waals surface area contributed by atoms with Crippen LogP contribution in [-0.2, 0) is 11.2 Å². The normalized spacial score (nSPS) is 27.7. The van der Waals surface area contributed by atoms with Gasteiger partial charge in [-0.2, -0.15) is 0 Å². The van der Waals surface area contributed by atoms with Crippen LogP contribution in [0, 0.1) is 0 Å². The molecule has 1 aromatic rings. The maximum absolute atomic E-state index is 12.5. The lowest BCUT2D eigenvalue weighted by Gasteiger charge is -2.43. The van der Waals surface area contributed by atoms with Crippen molar-refractivity contribution in [3.8, 4) is 5.75 Å². The third-order valence-corrected chi connectivity index (χ3v) is 6.14. The van der Waals surface area contributed by atoms with Crippen LogP contribution >= 0.6 is 0 Å². The molecule has 136 valence electrons. The fourth-order valence-electron chi connectivity index (χ4n) is 4.87. The van der Waals surface area contributed by atoms with E-state index in [0.29, 0.717) is 5.75 Å². The molecular formula is C20H28N2O3. The molecule has 1 spiro atoms. The molecule has 0 radical (unpaired) electrons. The number of amides is 2. The highest BCUT2D eigenvalue weighted by Crippen LogP contribution is 2.39. The lowest BCUT2D eigenvalue weighted by Crippen LogP contribution is -2.51. The zero-order valence-electron chi connectivity index (χ0n) is 14.7. The average Bonchev–Trinajstić information content (AvgIpc) is 3.00. The molecule has 1 saturated carbocycles. The Morgan fingerprint density at radius 1 is 1.16 bits per heavy atom. The summed E-state index contributed by atoms with van der Waals surface area (Å²) in [5.41, 5.74) is 2.02. The highest BCUT2D eigenvalue weighted by atomic mass is 16.5. The number of aromatic hydroxyl groups is 1. The van der Waals surface area contributed by atoms with Crippen LogP contribution in [0.2, 0.25) is 0 Å². The predicted molar refractivity (Wildman–Crippen MR) is 95.6 cm³/mol. The van der Waals surface area contributed by atoms with Crippen molar-refractivity contribution < 1.29 is 14.6 Å². The van der Waals surface area contributed by atoms with E-state index in [1.807, 2.05) is 12.1 Å². The van der Waals surface area contributed by atoms with Gasteiger partial charge in [-0.3, -0.25) is 0 Å². The Hall–Kier alpha value is -1.75. The summed E-state index contributed by atoms with van der Waals surface area (Å²) < 4.78 is 6.11. The Labute approximate surface area is 149 Å². The average molecular weight is 344 g/mol. The zero-order valence-corrected chi connectivity index (χ0v) is 14.7. The van der Waals surface area contributed by atoms with Crippen LogP contribution in [0.3, 0.4) is 0 Å². The summed E-state index contributed by atoms with van der Waals surface area (Å²) in [6.07, 6.45) is 9.51. The van der Waals surface area contributed by atoms with Gasteiger partial charge in [0.15, 0.2) is 0 Å². The van der Waals surface area contributed by atoms with Gasteiger partial charge in [0, 0.05) is 12.6 Å². The Morgan fingerprint density at radius 3 is 2.84 bits per heavy atom. The molecule has 5 nitrogen and oxygen atoms in total. The van der Waals surface area contributed by atoms with Crippen LogP contribution in [-0.4, -0.2) is 29.4 Å². The summed E-state index contributed by atoms with van der Waals surface area (Å²) in [7, 11) is 0. The molecule has 25 heavy (non-hydrogen) atoms. The molecule has 1 heterocycles. The van der Waals surface area contributed by atoms with Crippen molar-refractivity contribution in [3.63, 3.8) is 0 Å². The van der Waals surface area contributed by atoms with Crippen LogP contribution in [0.15, 0.2) is 18.2 Å². The van der Waals surface area contributed by atoms with Crippen molar-refractivity contribution in [3.05, 3.63) is 29.3 Å². The summed E-state index contributed by atoms with van der Waals surface area (Å²) in [6.45, 7) is 0.741. The van der Waals surface area contributed by atoms with E-state index in [0.717, 1.165) is 56.3 Å². The topological polar surface area (TPSA) is 70.6 Å². The zero-order chi connectivity index (χ0) is 17.3. The maximum Gasteiger partial charge on any atom is 0.315 e. The minimum Gasteiger partial charge on any atom is -0.508 e. The second kappa shape index (κ2) is 6.87. The van der Waals surface area contributed by atoms with E-state index in [1.165, 1.54) is 19.3 Å². The fraction of sp³-hybridized carbons (Fsp3) is 0.650. The summed E-state index contributed by atoms with van der Waals surface area (Å²) in [5.74, 6) is 0.339. The molecule has 4 rings (SSSR count). The van der Waals surface area contributed by atoms with Crippen molar-refractivity contribution >= 4 is 6.03 Å². The van der Waals surface area contributed by atoms with Crippen molar-refractivity contribution in [2.45, 2.75) is 75.5 Å². The van der Waals surface area contributed by atoms with Gasteiger partial charge < -0.3 is 20.5 Å². The smallest absolute Gasteiger partial charge is 0.315 e. The number of hydrogen-bond acceptors (Lipinski definition) is 3. The van der Waals surface area contributed by atoms with E-state index in [1.54, 1.807) is 6.07 Å². The highest BCUT2D eigenvalue weighted by Gasteiger charge is 2.39. The molecule has 3 N–H and O–H groups in total. The van der Waals surface area contributed by atoms with Gasteiger partial charge in [0.05, 0.1) is 11.6 Å². The highest BCUT2D eigenvalue weighted by molar-refractivity contribution is 5.75. The molecule has 1 saturated heterocycles. The first-order chi connectivity index (χ1) is 12.2. The van der Waals surface area contributed by atoms with Gasteiger partial charge in [-0.25, -0.2) is 4.79 Å². The van der Waals surface area contributed by atoms with Crippen molar-refractivity contribution in [1.29, 1.82) is 0 Å².